The fourth-order valence-electron chi connectivity index (χ4n) is 4.15. The first-order chi connectivity index (χ1) is 18.9. The molecule has 0 aliphatic carbocycles. The van der Waals surface area contributed by atoms with Crippen molar-refractivity contribution in [1.82, 2.24) is 25.8 Å². The number of benzene rings is 2. The van der Waals surface area contributed by atoms with Gasteiger partial charge in [0.15, 0.2) is 0 Å². The fraction of sp³-hybridized carbons (Fsp3) is 0.321. The summed E-state index contributed by atoms with van der Waals surface area (Å²) in [4.78, 5) is 40.4. The average molecular weight is 550 g/mol. The molecule has 0 spiro atoms. The van der Waals surface area contributed by atoms with Gasteiger partial charge in [0.1, 0.15) is 17.4 Å². The number of alkyl carbamates (subject to hydrolysis) is 1. The summed E-state index contributed by atoms with van der Waals surface area (Å²) in [6.45, 7) is 4.78. The minimum absolute atomic E-state index is 0.246. The molecule has 39 heavy (non-hydrogen) atoms. The van der Waals surface area contributed by atoms with Crippen LogP contribution >= 0.6 is 11.3 Å². The Morgan fingerprint density at radius 3 is 2.67 bits per heavy atom. The number of carbonyl (C=O) groups is 2. The molecular formula is C28H31N5O5S. The summed E-state index contributed by atoms with van der Waals surface area (Å²) in [6.07, 6.45) is 1.11. The van der Waals surface area contributed by atoms with E-state index < -0.39 is 6.09 Å². The zero-order valence-corrected chi connectivity index (χ0v) is 22.7. The molecule has 2 amide bonds. The van der Waals surface area contributed by atoms with Gasteiger partial charge >= 0.3 is 11.0 Å². The van der Waals surface area contributed by atoms with Gasteiger partial charge in [0.2, 0.25) is 0 Å². The van der Waals surface area contributed by atoms with Crippen molar-refractivity contribution in [2.75, 3.05) is 13.2 Å². The molecule has 0 saturated carbocycles. The van der Waals surface area contributed by atoms with Crippen LogP contribution in [-0.4, -0.2) is 46.4 Å². The Labute approximate surface area is 229 Å². The van der Waals surface area contributed by atoms with Gasteiger partial charge < -0.3 is 20.1 Å². The quantitative estimate of drug-likeness (QED) is 0.226. The van der Waals surface area contributed by atoms with E-state index in [1.54, 1.807) is 31.2 Å². The number of hydrogen-bond donors (Lipinski definition) is 3. The number of fused-ring (bicyclic) bond motifs is 1. The van der Waals surface area contributed by atoms with Gasteiger partial charge in [0.25, 0.3) is 5.91 Å². The number of pyridine rings is 1. The van der Waals surface area contributed by atoms with Gasteiger partial charge in [-0.3, -0.25) is 14.6 Å². The zero-order chi connectivity index (χ0) is 27.6. The predicted molar refractivity (Wildman–Crippen MR) is 149 cm³/mol. The Morgan fingerprint density at radius 2 is 1.92 bits per heavy atom. The van der Waals surface area contributed by atoms with E-state index in [2.05, 4.69) is 25.8 Å². The van der Waals surface area contributed by atoms with Crippen LogP contribution in [0, 0.1) is 6.92 Å². The highest BCUT2D eigenvalue weighted by Crippen LogP contribution is 2.21. The summed E-state index contributed by atoms with van der Waals surface area (Å²) < 4.78 is 10.9. The van der Waals surface area contributed by atoms with E-state index in [-0.39, 0.29) is 16.8 Å². The monoisotopic (exact) mass is 549 g/mol. The van der Waals surface area contributed by atoms with E-state index in [1.807, 2.05) is 37.3 Å². The summed E-state index contributed by atoms with van der Waals surface area (Å²) in [5.41, 5.74) is 3.38. The van der Waals surface area contributed by atoms with E-state index in [9.17, 15) is 14.4 Å². The molecule has 0 fully saturated rings. The first-order valence-corrected chi connectivity index (χ1v) is 13.6. The lowest BCUT2D eigenvalue weighted by Gasteiger charge is -2.18. The third-order valence-corrected chi connectivity index (χ3v) is 6.72. The summed E-state index contributed by atoms with van der Waals surface area (Å²) >= 11 is 1.01. The molecule has 0 aliphatic heterocycles. The smallest absolute Gasteiger partial charge is 0.407 e. The van der Waals surface area contributed by atoms with Crippen molar-refractivity contribution in [1.29, 1.82) is 0 Å². The maximum atomic E-state index is 13.0. The lowest BCUT2D eigenvalue weighted by atomic mass is 10.1. The third kappa shape index (κ3) is 8.11. The van der Waals surface area contributed by atoms with E-state index >= 15 is 0 Å². The molecule has 1 unspecified atom stereocenters. The van der Waals surface area contributed by atoms with E-state index in [0.717, 1.165) is 33.5 Å². The van der Waals surface area contributed by atoms with Crippen LogP contribution in [0.15, 0.2) is 59.4 Å². The predicted octanol–water partition coefficient (Wildman–Crippen LogP) is 4.13. The maximum Gasteiger partial charge on any atom is 0.407 e. The van der Waals surface area contributed by atoms with Crippen LogP contribution in [0.1, 0.15) is 46.4 Å². The number of aromatic amines is 1. The van der Waals surface area contributed by atoms with Crippen LogP contribution in [0.2, 0.25) is 0 Å². The zero-order valence-electron chi connectivity index (χ0n) is 21.9. The molecule has 10 nitrogen and oxygen atoms in total. The van der Waals surface area contributed by atoms with Gasteiger partial charge in [0.05, 0.1) is 12.1 Å². The largest absolute Gasteiger partial charge is 0.489 e. The first-order valence-electron chi connectivity index (χ1n) is 12.7. The lowest BCUT2D eigenvalue weighted by molar-refractivity contribution is 0.0933. The second-order valence-corrected chi connectivity index (χ2v) is 9.97. The molecule has 11 heteroatoms. The summed E-state index contributed by atoms with van der Waals surface area (Å²) in [7, 11) is 0. The minimum Gasteiger partial charge on any atom is -0.489 e. The number of para-hydroxylation sites is 1. The first kappa shape index (κ1) is 27.8. The fourth-order valence-corrected chi connectivity index (χ4v) is 4.83. The van der Waals surface area contributed by atoms with Gasteiger partial charge in [-0.05, 0) is 63.1 Å². The minimum atomic E-state index is -0.474. The second-order valence-electron chi connectivity index (χ2n) is 8.92. The molecule has 2 aromatic heterocycles. The highest BCUT2D eigenvalue weighted by molar-refractivity contribution is 7.08. The van der Waals surface area contributed by atoms with Gasteiger partial charge in [0, 0.05) is 41.2 Å². The molecule has 0 bridgehead atoms. The van der Waals surface area contributed by atoms with E-state index in [1.165, 1.54) is 0 Å². The van der Waals surface area contributed by atoms with Crippen LogP contribution in [0.4, 0.5) is 4.79 Å². The number of ether oxygens (including phenoxy) is 2. The normalized spacial score (nSPS) is 11.6. The SMILES string of the molecule is CCOC(=O)NCCCC(Cc1n[nH]c(=O)s1)NC(=O)c1ccc(OCc2cc(C)nc3ccccc23)cc1. The number of nitrogens with zero attached hydrogens (tertiary/aromatic N) is 2. The molecule has 2 heterocycles. The van der Waals surface area contributed by atoms with Crippen molar-refractivity contribution in [3.8, 4) is 5.75 Å². The van der Waals surface area contributed by atoms with Crippen molar-refractivity contribution in [3.05, 3.63) is 86.1 Å². The lowest BCUT2D eigenvalue weighted by Crippen LogP contribution is -2.37. The van der Waals surface area contributed by atoms with Crippen molar-refractivity contribution in [3.63, 3.8) is 0 Å². The van der Waals surface area contributed by atoms with Gasteiger partial charge in [-0.25, -0.2) is 9.89 Å². The molecule has 204 valence electrons. The van der Waals surface area contributed by atoms with Gasteiger partial charge in [-0.2, -0.15) is 5.10 Å². The van der Waals surface area contributed by atoms with Crippen molar-refractivity contribution >= 4 is 34.2 Å². The number of rotatable bonds is 12. The van der Waals surface area contributed by atoms with Gasteiger partial charge in [-0.15, -0.1) is 0 Å². The number of hydrogen-bond acceptors (Lipinski definition) is 8. The molecule has 4 rings (SSSR count). The van der Waals surface area contributed by atoms with E-state index in [0.29, 0.717) is 55.3 Å². The highest BCUT2D eigenvalue weighted by atomic mass is 32.1. The molecule has 4 aromatic rings. The second kappa shape index (κ2) is 13.5. The molecule has 0 aliphatic rings. The van der Waals surface area contributed by atoms with Crippen LogP contribution in [0.3, 0.4) is 0 Å². The maximum absolute atomic E-state index is 13.0. The number of nitrogens with one attached hydrogen (secondary N) is 3. The topological polar surface area (TPSA) is 135 Å². The number of aromatic nitrogens is 3. The van der Waals surface area contributed by atoms with Crippen LogP contribution in [-0.2, 0) is 17.8 Å². The van der Waals surface area contributed by atoms with Gasteiger partial charge in [-0.1, -0.05) is 29.5 Å². The summed E-state index contributed by atoms with van der Waals surface area (Å²) in [5.74, 6) is 0.400. The number of carbonyl (C=O) groups excluding carboxylic acids is 2. The summed E-state index contributed by atoms with van der Waals surface area (Å²) in [5, 5.41) is 13.8. The number of H-pyrrole nitrogens is 1. The summed E-state index contributed by atoms with van der Waals surface area (Å²) in [6, 6.07) is 16.7. The molecule has 0 saturated heterocycles. The molecular weight excluding hydrogens is 518 g/mol. The molecule has 3 N–H and O–H groups in total. The molecule has 1 atom stereocenters. The van der Waals surface area contributed by atoms with Crippen LogP contribution < -0.4 is 20.2 Å². The van der Waals surface area contributed by atoms with Crippen molar-refractivity contribution in [2.45, 2.75) is 45.8 Å². The number of aryl methyl sites for hydroxylation is 1. The Morgan fingerprint density at radius 1 is 1.13 bits per heavy atom. The van der Waals surface area contributed by atoms with Crippen LogP contribution in [0.25, 0.3) is 10.9 Å². The molecule has 2 aromatic carbocycles. The number of amides is 2. The average Bonchev–Trinajstić information content (AvgIpc) is 3.34. The Bertz CT molecular complexity index is 1470. The Kier molecular flexibility index (Phi) is 9.63. The Hall–Kier alpha value is -4.25. The highest BCUT2D eigenvalue weighted by Gasteiger charge is 2.17. The Balaban J connectivity index is 1.35. The van der Waals surface area contributed by atoms with Crippen molar-refractivity contribution < 1.29 is 19.1 Å². The standard InChI is InChI=1S/C28H31N5O5S/c1-3-37-27(35)29-14-6-7-21(16-25-32-33-28(36)39-25)31-26(34)19-10-12-22(13-11-19)38-17-20-15-18(2)30-24-9-5-4-8-23(20)24/h4-5,8-13,15,21H,3,6-7,14,16-17H2,1-2H3,(H,29,35)(H,31,34)(H,33,36). The third-order valence-electron chi connectivity index (χ3n) is 5.95. The van der Waals surface area contributed by atoms with Crippen molar-refractivity contribution in [2.24, 2.45) is 0 Å². The van der Waals surface area contributed by atoms with Crippen LogP contribution in [0.5, 0.6) is 5.75 Å². The van der Waals surface area contributed by atoms with E-state index in [4.69, 9.17) is 9.47 Å². The molecule has 0 radical (unpaired) electrons.